The summed E-state index contributed by atoms with van der Waals surface area (Å²) in [7, 11) is 0. The van der Waals surface area contributed by atoms with E-state index in [2.05, 4.69) is 0 Å². The lowest BCUT2D eigenvalue weighted by Gasteiger charge is -2.24. The van der Waals surface area contributed by atoms with Gasteiger partial charge in [0.15, 0.2) is 17.3 Å². The second-order valence-electron chi connectivity index (χ2n) is 4.79. The van der Waals surface area contributed by atoms with Gasteiger partial charge in [0.1, 0.15) is 13.2 Å². The summed E-state index contributed by atoms with van der Waals surface area (Å²) in [5, 5.41) is 0.479. The molecule has 1 aliphatic heterocycles. The molecule has 0 atom stereocenters. The van der Waals surface area contributed by atoms with Crippen LogP contribution in [-0.4, -0.2) is 25.5 Å². The highest BCUT2D eigenvalue weighted by atomic mass is 35.5. The molecule has 0 radical (unpaired) electrons. The fraction of sp³-hybridized carbons (Fsp3) is 0.500. The quantitative estimate of drug-likeness (QED) is 0.863. The zero-order valence-electron chi connectivity index (χ0n) is 11.2. The Morgan fingerprint density at radius 1 is 1.42 bits per heavy atom. The molecule has 5 heteroatoms. The van der Waals surface area contributed by atoms with Gasteiger partial charge in [0.05, 0.1) is 5.02 Å². The number of halogens is 1. The molecule has 0 saturated heterocycles. The molecule has 0 saturated carbocycles. The third-order valence-corrected chi connectivity index (χ3v) is 3.44. The van der Waals surface area contributed by atoms with Crippen molar-refractivity contribution in [1.29, 1.82) is 0 Å². The van der Waals surface area contributed by atoms with E-state index in [9.17, 15) is 4.79 Å². The van der Waals surface area contributed by atoms with Gasteiger partial charge in [0.25, 0.3) is 0 Å². The van der Waals surface area contributed by atoms with Crippen LogP contribution in [0.3, 0.4) is 0 Å². The summed E-state index contributed by atoms with van der Waals surface area (Å²) in [5.41, 5.74) is 6.86. The van der Waals surface area contributed by atoms with Crippen molar-refractivity contribution in [3.8, 4) is 11.5 Å². The van der Waals surface area contributed by atoms with Crippen LogP contribution < -0.4 is 15.2 Å². The number of hydrogen-bond donors (Lipinski definition) is 1. The van der Waals surface area contributed by atoms with Crippen molar-refractivity contribution in [1.82, 2.24) is 0 Å². The Labute approximate surface area is 117 Å². The maximum Gasteiger partial charge on any atom is 0.180 e. The lowest BCUT2D eigenvalue weighted by Crippen LogP contribution is -2.18. The first kappa shape index (κ1) is 14.2. The van der Waals surface area contributed by atoms with Crippen LogP contribution in [0.25, 0.3) is 0 Å². The highest BCUT2D eigenvalue weighted by Gasteiger charge is 2.25. The van der Waals surface area contributed by atoms with E-state index in [4.69, 9.17) is 26.8 Å². The number of ether oxygens (including phenoxy) is 2. The molecular formula is C14H18ClNO3. The second-order valence-corrected chi connectivity index (χ2v) is 5.17. The Morgan fingerprint density at radius 2 is 2.11 bits per heavy atom. The first-order chi connectivity index (χ1) is 9.06. The van der Waals surface area contributed by atoms with Crippen LogP contribution in [0.15, 0.2) is 6.07 Å². The Bertz CT molecular complexity index is 500. The summed E-state index contributed by atoms with van der Waals surface area (Å²) in [6.07, 6.45) is 0.301. The van der Waals surface area contributed by atoms with Crippen molar-refractivity contribution < 1.29 is 14.3 Å². The number of nitrogens with two attached hydrogens (primary N) is 1. The van der Waals surface area contributed by atoms with E-state index < -0.39 is 0 Å². The van der Waals surface area contributed by atoms with Crippen LogP contribution in [0.5, 0.6) is 11.5 Å². The third kappa shape index (κ3) is 2.69. The van der Waals surface area contributed by atoms with E-state index in [0.717, 1.165) is 5.56 Å². The fourth-order valence-corrected chi connectivity index (χ4v) is 2.69. The van der Waals surface area contributed by atoms with Gasteiger partial charge in [-0.05, 0) is 24.1 Å². The smallest absolute Gasteiger partial charge is 0.180 e. The van der Waals surface area contributed by atoms with Crippen LogP contribution in [0, 0.1) is 0 Å². The summed E-state index contributed by atoms with van der Waals surface area (Å²) >= 11 is 6.38. The van der Waals surface area contributed by atoms with Gasteiger partial charge in [-0.1, -0.05) is 25.4 Å². The molecule has 0 spiro atoms. The molecule has 1 aliphatic rings. The molecule has 0 unspecified atom stereocenters. The zero-order valence-corrected chi connectivity index (χ0v) is 11.9. The Morgan fingerprint density at radius 3 is 2.74 bits per heavy atom. The molecular weight excluding hydrogens is 266 g/mol. The summed E-state index contributed by atoms with van der Waals surface area (Å²) in [5.74, 6) is 1.20. The number of ketones is 1. The molecule has 0 fully saturated rings. The number of hydrogen-bond acceptors (Lipinski definition) is 4. The van der Waals surface area contributed by atoms with Gasteiger partial charge in [-0.25, -0.2) is 0 Å². The molecule has 2 rings (SSSR count). The van der Waals surface area contributed by atoms with Crippen molar-refractivity contribution in [2.24, 2.45) is 5.73 Å². The first-order valence-electron chi connectivity index (χ1n) is 6.41. The molecule has 4 nitrogen and oxygen atoms in total. The molecule has 0 bridgehead atoms. The van der Waals surface area contributed by atoms with Crippen molar-refractivity contribution >= 4 is 17.4 Å². The van der Waals surface area contributed by atoms with E-state index in [0.29, 0.717) is 48.3 Å². The predicted octanol–water partition coefficient (Wildman–Crippen LogP) is 2.77. The largest absolute Gasteiger partial charge is 0.486 e. The number of carbonyl (C=O) groups is 1. The van der Waals surface area contributed by atoms with Crippen molar-refractivity contribution in [2.45, 2.75) is 26.2 Å². The molecule has 1 aromatic rings. The summed E-state index contributed by atoms with van der Waals surface area (Å²) in [6, 6.07) is 1.73. The summed E-state index contributed by atoms with van der Waals surface area (Å²) in [6.45, 7) is 5.25. The summed E-state index contributed by atoms with van der Waals surface area (Å²) < 4.78 is 11.1. The standard InChI is InChI=1S/C14H18ClNO3/c1-8(2)12-9(10(17)3-4-16)7-11-14(13(12)15)19-6-5-18-11/h7-8H,3-6,16H2,1-2H3. The number of Topliss-reactive ketones (excluding diaryl/α,β-unsaturated/α-hetero) is 1. The molecule has 19 heavy (non-hydrogen) atoms. The van der Waals surface area contributed by atoms with Crippen molar-refractivity contribution in [3.05, 3.63) is 22.2 Å². The number of carbonyl (C=O) groups excluding carboxylic acids is 1. The van der Waals surface area contributed by atoms with E-state index in [1.165, 1.54) is 0 Å². The fourth-order valence-electron chi connectivity index (χ4n) is 2.22. The maximum atomic E-state index is 12.2. The van der Waals surface area contributed by atoms with Crippen molar-refractivity contribution in [2.75, 3.05) is 19.8 Å². The van der Waals surface area contributed by atoms with Crippen LogP contribution in [0.1, 0.15) is 42.1 Å². The van der Waals surface area contributed by atoms with Gasteiger partial charge in [-0.2, -0.15) is 0 Å². The molecule has 1 aromatic carbocycles. The normalized spacial score (nSPS) is 13.7. The maximum absolute atomic E-state index is 12.2. The first-order valence-corrected chi connectivity index (χ1v) is 6.79. The Kier molecular flexibility index (Phi) is 4.32. The molecule has 0 amide bonds. The molecule has 0 aliphatic carbocycles. The van der Waals surface area contributed by atoms with Crippen molar-refractivity contribution in [3.63, 3.8) is 0 Å². The van der Waals surface area contributed by atoms with Gasteiger partial charge in [0.2, 0.25) is 0 Å². The second kappa shape index (κ2) is 5.80. The average molecular weight is 284 g/mol. The third-order valence-electron chi connectivity index (χ3n) is 3.06. The van der Waals surface area contributed by atoms with Crippen LogP contribution in [-0.2, 0) is 0 Å². The Balaban J connectivity index is 2.57. The highest BCUT2D eigenvalue weighted by molar-refractivity contribution is 6.33. The van der Waals surface area contributed by atoms with E-state index in [-0.39, 0.29) is 11.7 Å². The minimum atomic E-state index is -0.00919. The minimum absolute atomic E-state index is 0.00919. The van der Waals surface area contributed by atoms with Crippen LogP contribution in [0.4, 0.5) is 0 Å². The van der Waals surface area contributed by atoms with Gasteiger partial charge in [-0.15, -0.1) is 0 Å². The van der Waals surface area contributed by atoms with Gasteiger partial charge >= 0.3 is 0 Å². The monoisotopic (exact) mass is 283 g/mol. The van der Waals surface area contributed by atoms with Crippen LogP contribution >= 0.6 is 11.6 Å². The van der Waals surface area contributed by atoms with Gasteiger partial charge in [-0.3, -0.25) is 4.79 Å². The SMILES string of the molecule is CC(C)c1c(C(=O)CCN)cc2c(c1Cl)OCCO2. The lowest BCUT2D eigenvalue weighted by molar-refractivity contribution is 0.0983. The highest BCUT2D eigenvalue weighted by Crippen LogP contribution is 2.44. The molecule has 0 aromatic heterocycles. The average Bonchev–Trinajstić information content (AvgIpc) is 2.38. The molecule has 2 N–H and O–H groups in total. The predicted molar refractivity (Wildman–Crippen MR) is 74.5 cm³/mol. The number of fused-ring (bicyclic) bond motifs is 1. The number of rotatable bonds is 4. The topological polar surface area (TPSA) is 61.6 Å². The summed E-state index contributed by atoms with van der Waals surface area (Å²) in [4.78, 5) is 12.2. The zero-order chi connectivity index (χ0) is 14.0. The van der Waals surface area contributed by atoms with Crippen LogP contribution in [0.2, 0.25) is 5.02 Å². The molecule has 1 heterocycles. The Hall–Kier alpha value is -1.26. The number of benzene rings is 1. The van der Waals surface area contributed by atoms with Gasteiger partial charge < -0.3 is 15.2 Å². The van der Waals surface area contributed by atoms with E-state index in [1.807, 2.05) is 13.8 Å². The van der Waals surface area contributed by atoms with E-state index in [1.54, 1.807) is 6.07 Å². The molecule has 104 valence electrons. The lowest BCUT2D eigenvalue weighted by atomic mass is 9.92. The van der Waals surface area contributed by atoms with E-state index >= 15 is 0 Å². The van der Waals surface area contributed by atoms with Gasteiger partial charge in [0, 0.05) is 12.0 Å². The minimum Gasteiger partial charge on any atom is -0.486 e.